The minimum absolute atomic E-state index is 0. The molecule has 1 aliphatic heterocycles. The molecule has 0 aromatic heterocycles. The largest absolute Gasteiger partial charge is 0.381 e. The molecule has 0 spiro atoms. The van der Waals surface area contributed by atoms with Gasteiger partial charge in [-0.05, 0) is 37.5 Å². The van der Waals surface area contributed by atoms with Crippen LogP contribution in [-0.4, -0.2) is 38.8 Å². The van der Waals surface area contributed by atoms with Crippen LogP contribution in [-0.2, 0) is 14.3 Å². The van der Waals surface area contributed by atoms with E-state index in [0.717, 1.165) is 5.56 Å². The van der Waals surface area contributed by atoms with Crippen molar-refractivity contribution in [2.45, 2.75) is 31.9 Å². The summed E-state index contributed by atoms with van der Waals surface area (Å²) in [5.74, 6) is -0.0215. The molecule has 1 amide bonds. The number of carbonyl (C=O) groups excluding carboxylic acids is 1. The predicted molar refractivity (Wildman–Crippen MR) is 97.6 cm³/mol. The highest BCUT2D eigenvalue weighted by molar-refractivity contribution is 6.30. The first-order valence-corrected chi connectivity index (χ1v) is 8.27. The lowest BCUT2D eigenvalue weighted by molar-refractivity contribution is -0.137. The molecule has 5 nitrogen and oxygen atoms in total. The minimum Gasteiger partial charge on any atom is -0.381 e. The maximum absolute atomic E-state index is 12.7. The highest BCUT2D eigenvalue weighted by atomic mass is 35.5. The van der Waals surface area contributed by atoms with Gasteiger partial charge in [0.2, 0.25) is 5.91 Å². The van der Waals surface area contributed by atoms with Crippen molar-refractivity contribution >= 4 is 29.9 Å². The van der Waals surface area contributed by atoms with Crippen molar-refractivity contribution in [2.24, 2.45) is 11.1 Å². The number of nitrogens with two attached hydrogens (primary N) is 1. The molecule has 3 N–H and O–H groups in total. The fraction of sp³-hybridized carbons (Fsp3) is 0.588. The van der Waals surface area contributed by atoms with Gasteiger partial charge in [-0.25, -0.2) is 0 Å². The van der Waals surface area contributed by atoms with Crippen LogP contribution >= 0.6 is 24.0 Å². The molecule has 1 fully saturated rings. The van der Waals surface area contributed by atoms with Crippen molar-refractivity contribution < 1.29 is 14.3 Å². The maximum Gasteiger partial charge on any atom is 0.227 e. The van der Waals surface area contributed by atoms with Crippen molar-refractivity contribution in [3.05, 3.63) is 34.9 Å². The van der Waals surface area contributed by atoms with Crippen LogP contribution in [0.1, 0.15) is 31.4 Å². The lowest BCUT2D eigenvalue weighted by Crippen LogP contribution is -2.52. The van der Waals surface area contributed by atoms with E-state index in [-0.39, 0.29) is 30.5 Å². The number of nitrogens with one attached hydrogen (secondary N) is 1. The summed E-state index contributed by atoms with van der Waals surface area (Å²) in [4.78, 5) is 12.7. The predicted octanol–water partition coefficient (Wildman–Crippen LogP) is 2.71. The second-order valence-electron chi connectivity index (χ2n) is 6.07. The fourth-order valence-corrected chi connectivity index (χ4v) is 3.13. The van der Waals surface area contributed by atoms with Crippen molar-refractivity contribution in [1.29, 1.82) is 0 Å². The van der Waals surface area contributed by atoms with Gasteiger partial charge in [-0.2, -0.15) is 0 Å². The second kappa shape index (κ2) is 9.59. The first-order chi connectivity index (χ1) is 11.0. The highest BCUT2D eigenvalue weighted by Crippen LogP contribution is 2.30. The molecule has 136 valence electrons. The van der Waals surface area contributed by atoms with E-state index in [1.54, 1.807) is 7.11 Å². The van der Waals surface area contributed by atoms with E-state index in [9.17, 15) is 4.79 Å². The van der Waals surface area contributed by atoms with Gasteiger partial charge in [-0.1, -0.05) is 23.7 Å². The quantitative estimate of drug-likeness (QED) is 0.800. The van der Waals surface area contributed by atoms with Crippen molar-refractivity contribution in [1.82, 2.24) is 5.32 Å². The Bertz CT molecular complexity index is 519. The van der Waals surface area contributed by atoms with Crippen LogP contribution in [0.15, 0.2) is 24.3 Å². The zero-order valence-corrected chi connectivity index (χ0v) is 15.7. The van der Waals surface area contributed by atoms with Crippen LogP contribution in [0.25, 0.3) is 0 Å². The van der Waals surface area contributed by atoms with Gasteiger partial charge < -0.3 is 20.5 Å². The fourth-order valence-electron chi connectivity index (χ4n) is 3.00. The SMILES string of the molecule is COC(c1ccc(Cl)cc1)C(C)NC(=O)C1(CN)CCOCC1.Cl. The van der Waals surface area contributed by atoms with Gasteiger partial charge >= 0.3 is 0 Å². The first kappa shape index (κ1) is 21.2. The molecular weight excluding hydrogens is 351 g/mol. The molecule has 1 saturated heterocycles. The Morgan fingerprint density at radius 2 is 1.96 bits per heavy atom. The average molecular weight is 377 g/mol. The van der Waals surface area contributed by atoms with Crippen LogP contribution in [0.3, 0.4) is 0 Å². The van der Waals surface area contributed by atoms with Crippen LogP contribution in [0, 0.1) is 5.41 Å². The van der Waals surface area contributed by atoms with E-state index < -0.39 is 5.41 Å². The van der Waals surface area contributed by atoms with Crippen molar-refractivity contribution in [3.63, 3.8) is 0 Å². The van der Waals surface area contributed by atoms with Gasteiger partial charge in [0.1, 0.15) is 6.10 Å². The Labute approximate surface area is 154 Å². The summed E-state index contributed by atoms with van der Waals surface area (Å²) in [6.07, 6.45) is 1.06. The van der Waals surface area contributed by atoms with Gasteiger partial charge in [-0.3, -0.25) is 4.79 Å². The molecular formula is C17H26Cl2N2O3. The third-order valence-corrected chi connectivity index (χ3v) is 4.84. The second-order valence-corrected chi connectivity index (χ2v) is 6.50. The summed E-state index contributed by atoms with van der Waals surface area (Å²) in [5.41, 5.74) is 6.32. The molecule has 1 aromatic carbocycles. The van der Waals surface area contributed by atoms with Crippen molar-refractivity contribution in [3.8, 4) is 0 Å². The Balaban J connectivity index is 0.00000288. The number of amides is 1. The smallest absolute Gasteiger partial charge is 0.227 e. The number of hydrogen-bond donors (Lipinski definition) is 2. The third kappa shape index (κ3) is 4.83. The zero-order valence-electron chi connectivity index (χ0n) is 14.1. The van der Waals surface area contributed by atoms with Crippen LogP contribution in [0.5, 0.6) is 0 Å². The molecule has 2 rings (SSSR count). The topological polar surface area (TPSA) is 73.6 Å². The van der Waals surface area contributed by atoms with Crippen LogP contribution in [0.4, 0.5) is 0 Å². The summed E-state index contributed by atoms with van der Waals surface area (Å²) in [6, 6.07) is 7.27. The molecule has 1 heterocycles. The number of benzene rings is 1. The molecule has 1 aliphatic rings. The Kier molecular flexibility index (Phi) is 8.46. The molecule has 2 unspecified atom stereocenters. The summed E-state index contributed by atoms with van der Waals surface area (Å²) in [5, 5.41) is 3.74. The summed E-state index contributed by atoms with van der Waals surface area (Å²) in [7, 11) is 1.63. The number of halogens is 2. The average Bonchev–Trinajstić information content (AvgIpc) is 2.57. The summed E-state index contributed by atoms with van der Waals surface area (Å²) < 4.78 is 10.9. The van der Waals surface area contributed by atoms with E-state index in [1.807, 2.05) is 31.2 Å². The zero-order chi connectivity index (χ0) is 16.9. The first-order valence-electron chi connectivity index (χ1n) is 7.89. The normalized spacial score (nSPS) is 19.0. The van der Waals surface area contributed by atoms with Gasteiger partial charge in [0.25, 0.3) is 0 Å². The van der Waals surface area contributed by atoms with Crippen molar-refractivity contribution in [2.75, 3.05) is 26.9 Å². The number of hydrogen-bond acceptors (Lipinski definition) is 4. The standard InChI is InChI=1S/C17H25ClN2O3.ClH/c1-12(15(22-2)13-3-5-14(18)6-4-13)20-16(21)17(11-19)7-9-23-10-8-17;/h3-6,12,15H,7-11,19H2,1-2H3,(H,20,21);1H. The molecule has 0 aliphatic carbocycles. The Morgan fingerprint density at radius 1 is 1.38 bits per heavy atom. The molecule has 1 aromatic rings. The number of carbonyl (C=O) groups is 1. The summed E-state index contributed by atoms with van der Waals surface area (Å²) >= 11 is 5.93. The van der Waals surface area contributed by atoms with E-state index in [1.165, 1.54) is 0 Å². The van der Waals surface area contributed by atoms with E-state index in [4.69, 9.17) is 26.8 Å². The minimum atomic E-state index is -0.537. The lowest BCUT2D eigenvalue weighted by Gasteiger charge is -2.36. The molecule has 2 atom stereocenters. The molecule has 0 bridgehead atoms. The maximum atomic E-state index is 12.7. The van der Waals surface area contributed by atoms with Gasteiger partial charge in [0.05, 0.1) is 11.5 Å². The van der Waals surface area contributed by atoms with Gasteiger partial charge in [0.15, 0.2) is 0 Å². The van der Waals surface area contributed by atoms with E-state index in [2.05, 4.69) is 5.32 Å². The number of ether oxygens (including phenoxy) is 2. The number of rotatable bonds is 6. The molecule has 24 heavy (non-hydrogen) atoms. The monoisotopic (exact) mass is 376 g/mol. The Morgan fingerprint density at radius 3 is 2.46 bits per heavy atom. The van der Waals surface area contributed by atoms with Gasteiger partial charge in [0, 0.05) is 31.9 Å². The molecule has 0 saturated carbocycles. The van der Waals surface area contributed by atoms with Gasteiger partial charge in [-0.15, -0.1) is 12.4 Å². The molecule has 0 radical (unpaired) electrons. The van der Waals surface area contributed by atoms with Crippen LogP contribution in [0.2, 0.25) is 5.02 Å². The highest BCUT2D eigenvalue weighted by Gasteiger charge is 2.39. The van der Waals surface area contributed by atoms with Crippen LogP contribution < -0.4 is 11.1 Å². The Hall–Kier alpha value is -0.850. The number of methoxy groups -OCH3 is 1. The lowest BCUT2D eigenvalue weighted by atomic mass is 9.79. The van der Waals surface area contributed by atoms with E-state index >= 15 is 0 Å². The van der Waals surface area contributed by atoms with E-state index in [0.29, 0.717) is 37.6 Å². The third-order valence-electron chi connectivity index (χ3n) is 4.59. The molecule has 7 heteroatoms. The summed E-state index contributed by atoms with van der Waals surface area (Å²) in [6.45, 7) is 3.41.